The second kappa shape index (κ2) is 6.94. The van der Waals surface area contributed by atoms with E-state index in [1.165, 1.54) is 11.3 Å². The average molecular weight is 308 g/mol. The molecule has 7 heteroatoms. The summed E-state index contributed by atoms with van der Waals surface area (Å²) in [6, 6.07) is 5.39. The summed E-state index contributed by atoms with van der Waals surface area (Å²) in [5.74, 6) is 0.920. The van der Waals surface area contributed by atoms with E-state index in [-0.39, 0.29) is 5.69 Å². The van der Waals surface area contributed by atoms with Gasteiger partial charge in [0.25, 0.3) is 0 Å². The maximum atomic E-state index is 11.6. The van der Waals surface area contributed by atoms with Crippen molar-refractivity contribution in [3.05, 3.63) is 29.3 Å². The van der Waals surface area contributed by atoms with Gasteiger partial charge in [-0.05, 0) is 19.1 Å². The van der Waals surface area contributed by atoms with Gasteiger partial charge in [-0.2, -0.15) is 0 Å². The minimum atomic E-state index is -0.431. The lowest BCUT2D eigenvalue weighted by atomic mass is 10.2. The molecule has 0 saturated heterocycles. The second-order valence-corrected chi connectivity index (χ2v) is 4.81. The Morgan fingerprint density at radius 2 is 2.14 bits per heavy atom. The van der Waals surface area contributed by atoms with Gasteiger partial charge in [-0.25, -0.2) is 9.78 Å². The number of esters is 1. The van der Waals surface area contributed by atoms with E-state index in [2.05, 4.69) is 10.3 Å². The Kier molecular flexibility index (Phi) is 4.99. The van der Waals surface area contributed by atoms with Crippen LogP contribution in [0.1, 0.15) is 17.4 Å². The number of thiazole rings is 1. The largest absolute Gasteiger partial charge is 0.497 e. The number of carbonyl (C=O) groups is 1. The van der Waals surface area contributed by atoms with E-state index in [1.54, 1.807) is 44.7 Å². The molecule has 1 aromatic heterocycles. The first-order valence-electron chi connectivity index (χ1n) is 6.29. The van der Waals surface area contributed by atoms with E-state index < -0.39 is 5.97 Å². The van der Waals surface area contributed by atoms with Crippen LogP contribution in [-0.2, 0) is 4.74 Å². The number of carbonyl (C=O) groups excluding carboxylic acids is 1. The quantitative estimate of drug-likeness (QED) is 0.827. The molecule has 1 heterocycles. The molecule has 0 bridgehead atoms. The number of nitrogens with zero attached hydrogens (tertiary/aromatic N) is 1. The molecule has 6 nitrogen and oxygen atoms in total. The summed E-state index contributed by atoms with van der Waals surface area (Å²) < 4.78 is 15.4. The van der Waals surface area contributed by atoms with Gasteiger partial charge < -0.3 is 19.5 Å². The van der Waals surface area contributed by atoms with Gasteiger partial charge in [-0.3, -0.25) is 0 Å². The molecule has 0 fully saturated rings. The molecule has 1 N–H and O–H groups in total. The molecule has 21 heavy (non-hydrogen) atoms. The molecule has 2 aromatic rings. The van der Waals surface area contributed by atoms with Crippen molar-refractivity contribution in [2.24, 2.45) is 0 Å². The van der Waals surface area contributed by atoms with Crippen LogP contribution in [-0.4, -0.2) is 31.8 Å². The van der Waals surface area contributed by atoms with Gasteiger partial charge in [-0.15, -0.1) is 11.3 Å². The number of hydrogen-bond donors (Lipinski definition) is 1. The zero-order valence-corrected chi connectivity index (χ0v) is 12.8. The SMILES string of the molecule is CCOC(=O)c1csc(Nc2cc(OC)ccc2OC)n1. The number of aromatic nitrogens is 1. The molecule has 0 unspecified atom stereocenters. The minimum absolute atomic E-state index is 0.284. The number of benzene rings is 1. The van der Waals surface area contributed by atoms with Crippen molar-refractivity contribution < 1.29 is 19.0 Å². The van der Waals surface area contributed by atoms with Crippen molar-refractivity contribution in [3.63, 3.8) is 0 Å². The highest BCUT2D eigenvalue weighted by Crippen LogP contribution is 2.32. The summed E-state index contributed by atoms with van der Waals surface area (Å²) in [5, 5.41) is 5.33. The van der Waals surface area contributed by atoms with E-state index in [9.17, 15) is 4.79 Å². The molecule has 2 rings (SSSR count). The molecule has 0 atom stereocenters. The molecule has 0 aliphatic carbocycles. The first-order valence-corrected chi connectivity index (χ1v) is 7.17. The molecule has 0 amide bonds. The fourth-order valence-electron chi connectivity index (χ4n) is 1.66. The van der Waals surface area contributed by atoms with E-state index >= 15 is 0 Å². The number of ether oxygens (including phenoxy) is 3. The Morgan fingerprint density at radius 3 is 2.81 bits per heavy atom. The van der Waals surface area contributed by atoms with Crippen molar-refractivity contribution in [2.45, 2.75) is 6.92 Å². The van der Waals surface area contributed by atoms with Gasteiger partial charge in [0.05, 0.1) is 26.5 Å². The Labute approximate surface area is 126 Å². The molecular weight excluding hydrogens is 292 g/mol. The monoisotopic (exact) mass is 308 g/mol. The van der Waals surface area contributed by atoms with Crippen LogP contribution in [0.15, 0.2) is 23.6 Å². The van der Waals surface area contributed by atoms with Crippen molar-refractivity contribution in [1.82, 2.24) is 4.98 Å². The topological polar surface area (TPSA) is 69.7 Å². The molecule has 112 valence electrons. The summed E-state index contributed by atoms with van der Waals surface area (Å²) in [6.45, 7) is 2.08. The first-order chi connectivity index (χ1) is 10.2. The van der Waals surface area contributed by atoms with Crippen molar-refractivity contribution in [3.8, 4) is 11.5 Å². The van der Waals surface area contributed by atoms with Gasteiger partial charge in [0.15, 0.2) is 10.8 Å². The number of rotatable bonds is 6. The molecule has 0 aliphatic heterocycles. The Morgan fingerprint density at radius 1 is 1.33 bits per heavy atom. The molecule has 0 spiro atoms. The van der Waals surface area contributed by atoms with Crippen LogP contribution >= 0.6 is 11.3 Å². The summed E-state index contributed by atoms with van der Waals surface area (Å²) >= 11 is 1.31. The standard InChI is InChI=1S/C14H16N2O4S/c1-4-20-13(17)11-8-21-14(16-11)15-10-7-9(18-2)5-6-12(10)19-3/h5-8H,4H2,1-3H3,(H,15,16). The summed E-state index contributed by atoms with van der Waals surface area (Å²) in [6.07, 6.45) is 0. The highest BCUT2D eigenvalue weighted by Gasteiger charge is 2.13. The first kappa shape index (κ1) is 15.1. The number of hydrogen-bond acceptors (Lipinski definition) is 7. The highest BCUT2D eigenvalue weighted by molar-refractivity contribution is 7.14. The predicted molar refractivity (Wildman–Crippen MR) is 80.9 cm³/mol. The highest BCUT2D eigenvalue weighted by atomic mass is 32.1. The van der Waals surface area contributed by atoms with Gasteiger partial charge in [0.1, 0.15) is 11.5 Å². The Hall–Kier alpha value is -2.28. The van der Waals surface area contributed by atoms with E-state index in [4.69, 9.17) is 14.2 Å². The fraction of sp³-hybridized carbons (Fsp3) is 0.286. The van der Waals surface area contributed by atoms with Crippen LogP contribution in [0.2, 0.25) is 0 Å². The smallest absolute Gasteiger partial charge is 0.357 e. The van der Waals surface area contributed by atoms with Crippen LogP contribution in [0.25, 0.3) is 0 Å². The minimum Gasteiger partial charge on any atom is -0.497 e. The van der Waals surface area contributed by atoms with Gasteiger partial charge >= 0.3 is 5.97 Å². The van der Waals surface area contributed by atoms with Crippen molar-refractivity contribution in [2.75, 3.05) is 26.1 Å². The van der Waals surface area contributed by atoms with E-state index in [0.29, 0.717) is 28.9 Å². The molecular formula is C14H16N2O4S. The third-order valence-corrected chi connectivity index (χ3v) is 3.39. The normalized spacial score (nSPS) is 10.0. The summed E-state index contributed by atoms with van der Waals surface area (Å²) in [7, 11) is 3.17. The molecule has 0 aliphatic rings. The molecule has 0 radical (unpaired) electrons. The van der Waals surface area contributed by atoms with E-state index in [1.807, 2.05) is 0 Å². The van der Waals surface area contributed by atoms with Gasteiger partial charge in [0, 0.05) is 11.4 Å². The number of methoxy groups -OCH3 is 2. The van der Waals surface area contributed by atoms with Crippen molar-refractivity contribution >= 4 is 28.1 Å². The summed E-state index contributed by atoms with van der Waals surface area (Å²) in [4.78, 5) is 15.8. The van der Waals surface area contributed by atoms with E-state index in [0.717, 1.165) is 0 Å². The van der Waals surface area contributed by atoms with Crippen LogP contribution < -0.4 is 14.8 Å². The van der Waals surface area contributed by atoms with Crippen LogP contribution in [0.4, 0.5) is 10.8 Å². The lowest BCUT2D eigenvalue weighted by Gasteiger charge is -2.10. The predicted octanol–water partition coefficient (Wildman–Crippen LogP) is 3.08. The van der Waals surface area contributed by atoms with Crippen molar-refractivity contribution in [1.29, 1.82) is 0 Å². The average Bonchev–Trinajstić information content (AvgIpc) is 2.96. The number of nitrogens with one attached hydrogen (secondary N) is 1. The lowest BCUT2D eigenvalue weighted by Crippen LogP contribution is -2.05. The van der Waals surface area contributed by atoms with Crippen LogP contribution in [0.5, 0.6) is 11.5 Å². The lowest BCUT2D eigenvalue weighted by molar-refractivity contribution is 0.0520. The Bertz CT molecular complexity index is 627. The molecule has 0 saturated carbocycles. The maximum Gasteiger partial charge on any atom is 0.357 e. The molecule has 1 aromatic carbocycles. The fourth-order valence-corrected chi connectivity index (χ4v) is 2.35. The Balaban J connectivity index is 2.20. The van der Waals surface area contributed by atoms with Gasteiger partial charge in [0.2, 0.25) is 0 Å². The van der Waals surface area contributed by atoms with Gasteiger partial charge in [-0.1, -0.05) is 0 Å². The number of anilines is 2. The zero-order valence-electron chi connectivity index (χ0n) is 12.0. The summed E-state index contributed by atoms with van der Waals surface area (Å²) in [5.41, 5.74) is 0.993. The van der Waals surface area contributed by atoms with Crippen LogP contribution in [0, 0.1) is 0 Å². The second-order valence-electron chi connectivity index (χ2n) is 3.95. The maximum absolute atomic E-state index is 11.6. The third kappa shape index (κ3) is 3.63. The third-order valence-electron chi connectivity index (χ3n) is 2.64. The zero-order chi connectivity index (χ0) is 15.2. The van der Waals surface area contributed by atoms with Crippen LogP contribution in [0.3, 0.4) is 0 Å².